The van der Waals surface area contributed by atoms with E-state index >= 15 is 0 Å². The van der Waals surface area contributed by atoms with Gasteiger partial charge in [0.05, 0.1) is 6.10 Å². The molecular weight excluding hydrogens is 546 g/mol. The SMILES string of the molecule is Cl.NC1CCN(S(=O)(=O)N2CCC(OCC#Cc3ccc4c(c3)CN(C3CCC(=O)NC3=O)C4=O)CC2)CC1. The zero-order valence-corrected chi connectivity index (χ0v) is 23.3. The van der Waals surface area contributed by atoms with Crippen LogP contribution in [0.3, 0.4) is 0 Å². The maximum Gasteiger partial charge on any atom is 0.281 e. The Labute approximate surface area is 235 Å². The Morgan fingerprint density at radius 2 is 1.67 bits per heavy atom. The van der Waals surface area contributed by atoms with Crippen molar-refractivity contribution in [3.63, 3.8) is 0 Å². The molecule has 212 valence electrons. The maximum atomic E-state index is 12.9. The fourth-order valence-corrected chi connectivity index (χ4v) is 7.12. The fraction of sp³-hybridized carbons (Fsp3) is 0.577. The number of carbonyl (C=O) groups is 3. The predicted molar refractivity (Wildman–Crippen MR) is 145 cm³/mol. The molecule has 13 heteroatoms. The lowest BCUT2D eigenvalue weighted by Crippen LogP contribution is -2.52. The summed E-state index contributed by atoms with van der Waals surface area (Å²) in [6.07, 6.45) is 3.11. The second-order valence-corrected chi connectivity index (χ2v) is 12.2. The van der Waals surface area contributed by atoms with Crippen molar-refractivity contribution in [3.8, 4) is 11.8 Å². The molecule has 1 unspecified atom stereocenters. The number of piperidine rings is 3. The summed E-state index contributed by atoms with van der Waals surface area (Å²) in [5.41, 5.74) is 7.99. The second kappa shape index (κ2) is 12.3. The summed E-state index contributed by atoms with van der Waals surface area (Å²) in [4.78, 5) is 38.0. The molecule has 1 aromatic carbocycles. The average Bonchev–Trinajstić information content (AvgIpc) is 3.22. The van der Waals surface area contributed by atoms with Crippen molar-refractivity contribution in [2.45, 2.75) is 63.3 Å². The highest BCUT2D eigenvalue weighted by molar-refractivity contribution is 7.86. The van der Waals surface area contributed by atoms with Crippen molar-refractivity contribution in [1.82, 2.24) is 18.8 Å². The van der Waals surface area contributed by atoms with Crippen molar-refractivity contribution in [1.29, 1.82) is 0 Å². The van der Waals surface area contributed by atoms with Crippen LogP contribution >= 0.6 is 12.4 Å². The number of amides is 3. The summed E-state index contributed by atoms with van der Waals surface area (Å²) >= 11 is 0. The van der Waals surface area contributed by atoms with Gasteiger partial charge in [-0.05, 0) is 55.9 Å². The van der Waals surface area contributed by atoms with Crippen molar-refractivity contribution in [2.75, 3.05) is 32.8 Å². The number of rotatable bonds is 5. The minimum absolute atomic E-state index is 0. The highest BCUT2D eigenvalue weighted by Gasteiger charge is 2.39. The van der Waals surface area contributed by atoms with E-state index in [1.165, 1.54) is 9.21 Å². The minimum Gasteiger partial charge on any atom is -0.365 e. The molecule has 1 atom stereocenters. The van der Waals surface area contributed by atoms with Gasteiger partial charge in [-0.25, -0.2) is 0 Å². The molecular formula is C26H34ClN5O6S. The third-order valence-corrected chi connectivity index (χ3v) is 9.74. The van der Waals surface area contributed by atoms with Crippen LogP contribution in [0.5, 0.6) is 0 Å². The normalized spacial score (nSPS) is 23.6. The topological polar surface area (TPSA) is 142 Å². The molecule has 4 aliphatic rings. The third kappa shape index (κ3) is 6.45. The molecule has 0 spiro atoms. The van der Waals surface area contributed by atoms with Crippen molar-refractivity contribution in [2.24, 2.45) is 5.73 Å². The van der Waals surface area contributed by atoms with E-state index in [9.17, 15) is 22.8 Å². The van der Waals surface area contributed by atoms with Gasteiger partial charge >= 0.3 is 0 Å². The highest BCUT2D eigenvalue weighted by atomic mass is 35.5. The van der Waals surface area contributed by atoms with Crippen LogP contribution in [0.1, 0.15) is 60.0 Å². The van der Waals surface area contributed by atoms with Gasteiger partial charge in [0.15, 0.2) is 0 Å². The Balaban J connectivity index is 0.00000353. The smallest absolute Gasteiger partial charge is 0.281 e. The van der Waals surface area contributed by atoms with Gasteiger partial charge < -0.3 is 15.4 Å². The molecule has 3 saturated heterocycles. The summed E-state index contributed by atoms with van der Waals surface area (Å²) in [5, 5.41) is 2.31. The van der Waals surface area contributed by atoms with Crippen LogP contribution in [0.15, 0.2) is 18.2 Å². The van der Waals surface area contributed by atoms with Crippen molar-refractivity contribution in [3.05, 3.63) is 34.9 Å². The first-order valence-electron chi connectivity index (χ1n) is 13.1. The number of hydrogen-bond donors (Lipinski definition) is 2. The zero-order valence-electron chi connectivity index (χ0n) is 21.6. The number of nitrogens with zero attached hydrogens (tertiary/aromatic N) is 3. The third-order valence-electron chi connectivity index (χ3n) is 7.70. The molecule has 11 nitrogen and oxygen atoms in total. The zero-order chi connectivity index (χ0) is 26.9. The van der Waals surface area contributed by atoms with Crippen LogP contribution in [0.4, 0.5) is 0 Å². The second-order valence-electron chi connectivity index (χ2n) is 10.2. The molecule has 1 aromatic rings. The van der Waals surface area contributed by atoms with Crippen molar-refractivity contribution >= 4 is 40.3 Å². The predicted octanol–water partition coefficient (Wildman–Crippen LogP) is 0.370. The van der Waals surface area contributed by atoms with Gasteiger partial charge in [-0.3, -0.25) is 19.7 Å². The van der Waals surface area contributed by atoms with Crippen LogP contribution in [-0.4, -0.2) is 90.6 Å². The Bertz CT molecular complexity index is 1280. The largest absolute Gasteiger partial charge is 0.365 e. The average molecular weight is 580 g/mol. The van der Waals surface area contributed by atoms with E-state index in [4.69, 9.17) is 10.5 Å². The van der Waals surface area contributed by atoms with E-state index in [1.54, 1.807) is 16.4 Å². The Morgan fingerprint density at radius 3 is 2.33 bits per heavy atom. The summed E-state index contributed by atoms with van der Waals surface area (Å²) in [6, 6.07) is 4.78. The molecule has 3 amide bonds. The monoisotopic (exact) mass is 579 g/mol. The van der Waals surface area contributed by atoms with E-state index in [-0.39, 0.29) is 49.4 Å². The standard InChI is InChI=1S/C26H33N5O6S.ClH/c27-20-7-11-29(12-8-20)38(35,36)30-13-9-21(10-14-30)37-15-1-2-18-3-4-22-19(16-18)17-31(26(22)34)23-5-6-24(32)28-25(23)33;/h3-4,16,20-21,23H,5-15,17,27H2,(H,28,32,33);1H. The number of carbonyl (C=O) groups excluding carboxylic acids is 3. The lowest BCUT2D eigenvalue weighted by molar-refractivity contribution is -0.136. The molecule has 5 rings (SSSR count). The van der Waals surface area contributed by atoms with Crippen LogP contribution < -0.4 is 11.1 Å². The van der Waals surface area contributed by atoms with E-state index in [2.05, 4.69) is 17.2 Å². The number of hydrogen-bond acceptors (Lipinski definition) is 7. The van der Waals surface area contributed by atoms with Gasteiger partial charge in [-0.1, -0.05) is 11.8 Å². The first kappa shape index (κ1) is 29.5. The molecule has 4 aliphatic heterocycles. The molecule has 3 N–H and O–H groups in total. The summed E-state index contributed by atoms with van der Waals surface area (Å²) in [7, 11) is -3.46. The molecule has 4 heterocycles. The number of halogens is 1. The van der Waals surface area contributed by atoms with Gasteiger partial charge in [0.25, 0.3) is 16.1 Å². The van der Waals surface area contributed by atoms with Gasteiger partial charge in [-0.2, -0.15) is 17.0 Å². The first-order valence-corrected chi connectivity index (χ1v) is 14.5. The number of nitrogens with two attached hydrogens (primary N) is 1. The lowest BCUT2D eigenvalue weighted by atomic mass is 10.0. The molecule has 0 bridgehead atoms. The Hall–Kier alpha value is -2.53. The Kier molecular flexibility index (Phi) is 9.31. The molecule has 0 saturated carbocycles. The number of benzene rings is 1. The van der Waals surface area contributed by atoms with Crippen LogP contribution in [0.25, 0.3) is 0 Å². The first-order chi connectivity index (χ1) is 18.2. The minimum atomic E-state index is -3.46. The molecule has 0 radical (unpaired) electrons. The van der Waals surface area contributed by atoms with E-state index in [1.807, 2.05) is 6.07 Å². The highest BCUT2D eigenvalue weighted by Crippen LogP contribution is 2.28. The molecule has 39 heavy (non-hydrogen) atoms. The van der Waals surface area contributed by atoms with Crippen LogP contribution in [0, 0.1) is 11.8 Å². The van der Waals surface area contributed by atoms with E-state index in [0.717, 1.165) is 11.1 Å². The quantitative estimate of drug-likeness (QED) is 0.379. The lowest BCUT2D eigenvalue weighted by Gasteiger charge is -2.37. The van der Waals surface area contributed by atoms with Gasteiger partial charge in [0.2, 0.25) is 11.8 Å². The van der Waals surface area contributed by atoms with Crippen molar-refractivity contribution < 1.29 is 27.5 Å². The number of nitrogens with one attached hydrogen (secondary N) is 1. The number of fused-ring (bicyclic) bond motifs is 1. The molecule has 0 aliphatic carbocycles. The number of ether oxygens (including phenoxy) is 1. The molecule has 3 fully saturated rings. The van der Waals surface area contributed by atoms with E-state index < -0.39 is 22.2 Å². The summed E-state index contributed by atoms with van der Waals surface area (Å²) in [6.45, 7) is 2.32. The number of imide groups is 1. The molecule has 0 aromatic heterocycles. The maximum absolute atomic E-state index is 12.9. The summed E-state index contributed by atoms with van der Waals surface area (Å²) in [5.74, 6) is 5.12. The van der Waals surface area contributed by atoms with E-state index in [0.29, 0.717) is 70.4 Å². The van der Waals surface area contributed by atoms with Crippen LogP contribution in [0.2, 0.25) is 0 Å². The fourth-order valence-electron chi connectivity index (χ4n) is 5.45. The Morgan fingerprint density at radius 1 is 1.00 bits per heavy atom. The van der Waals surface area contributed by atoms with Gasteiger partial charge in [0, 0.05) is 56.3 Å². The van der Waals surface area contributed by atoms with Crippen LogP contribution in [-0.2, 0) is 31.1 Å². The summed E-state index contributed by atoms with van der Waals surface area (Å²) < 4.78 is 34.8. The van der Waals surface area contributed by atoms with Gasteiger partial charge in [0.1, 0.15) is 12.6 Å². The van der Waals surface area contributed by atoms with Gasteiger partial charge in [-0.15, -0.1) is 12.4 Å².